The molecule has 23 heavy (non-hydrogen) atoms. The highest BCUT2D eigenvalue weighted by Gasteiger charge is 2.59. The summed E-state index contributed by atoms with van der Waals surface area (Å²) in [7, 11) is 1.47. The van der Waals surface area contributed by atoms with Gasteiger partial charge < -0.3 is 14.2 Å². The molecule has 1 fully saturated rings. The maximum Gasteiger partial charge on any atom is 0.313 e. The third kappa shape index (κ3) is 2.07. The number of carbonyl (C=O) groups excluding carboxylic acids is 1. The Bertz CT molecular complexity index is 787. The Hall–Kier alpha value is -1.43. The molecule has 2 aromatic carbocycles. The summed E-state index contributed by atoms with van der Waals surface area (Å²) in [5.41, 5.74) is 1.60. The lowest BCUT2D eigenvalue weighted by atomic mass is 9.93. The number of ketones is 1. The first-order valence-corrected chi connectivity index (χ1v) is 7.81. The lowest BCUT2D eigenvalue weighted by Gasteiger charge is -2.30. The van der Waals surface area contributed by atoms with Crippen LogP contribution >= 0.6 is 23.2 Å². The molecule has 2 aromatic rings. The number of hydrogen-bond donors (Lipinski definition) is 0. The molecule has 0 radical (unpaired) electrons. The molecule has 0 unspecified atom stereocenters. The summed E-state index contributed by atoms with van der Waals surface area (Å²) in [6, 6.07) is 12.2. The molecule has 4 rings (SSSR count). The minimum Gasteiger partial charge on any atom is -0.327 e. The van der Waals surface area contributed by atoms with Crippen molar-refractivity contribution < 1.29 is 19.0 Å². The first kappa shape index (κ1) is 15.1. The van der Waals surface area contributed by atoms with Gasteiger partial charge in [0.1, 0.15) is 6.10 Å². The second kappa shape index (κ2) is 5.30. The lowest BCUT2D eigenvalue weighted by molar-refractivity contribution is -0.343. The Kier molecular flexibility index (Phi) is 3.48. The molecule has 1 saturated heterocycles. The molecule has 118 valence electrons. The Balaban J connectivity index is 1.89. The number of methoxy groups -OCH3 is 1. The zero-order valence-electron chi connectivity index (χ0n) is 12.1. The lowest BCUT2D eigenvalue weighted by Crippen LogP contribution is -2.39. The van der Waals surface area contributed by atoms with Crippen LogP contribution in [0.4, 0.5) is 0 Å². The van der Waals surface area contributed by atoms with Crippen molar-refractivity contribution in [2.75, 3.05) is 7.11 Å². The SMILES string of the molecule is CO[C@@]12O[C@H](c3c(Cl)cccc3Cl)[C@@H](O1)C(=O)c1ccccc12. The molecule has 0 aliphatic carbocycles. The number of halogens is 2. The first-order valence-electron chi connectivity index (χ1n) is 7.06. The van der Waals surface area contributed by atoms with E-state index in [1.807, 2.05) is 0 Å². The van der Waals surface area contributed by atoms with Crippen LogP contribution in [0.1, 0.15) is 27.6 Å². The summed E-state index contributed by atoms with van der Waals surface area (Å²) in [6.45, 7) is 0. The van der Waals surface area contributed by atoms with E-state index in [4.69, 9.17) is 37.4 Å². The molecule has 0 N–H and O–H groups in total. The molecule has 2 aliphatic rings. The van der Waals surface area contributed by atoms with Gasteiger partial charge in [-0.2, -0.15) is 0 Å². The summed E-state index contributed by atoms with van der Waals surface area (Å²) >= 11 is 12.6. The zero-order chi connectivity index (χ0) is 16.2. The van der Waals surface area contributed by atoms with Crippen LogP contribution in [0.5, 0.6) is 0 Å². The molecule has 0 amide bonds. The third-order valence-corrected chi connectivity index (χ3v) is 4.83. The van der Waals surface area contributed by atoms with Crippen LogP contribution in [0.15, 0.2) is 42.5 Å². The molecule has 0 saturated carbocycles. The van der Waals surface area contributed by atoms with Crippen LogP contribution in [0.2, 0.25) is 10.0 Å². The molecule has 2 aliphatic heterocycles. The molecular weight excluding hydrogens is 339 g/mol. The van der Waals surface area contributed by atoms with Crippen molar-refractivity contribution in [3.63, 3.8) is 0 Å². The largest absolute Gasteiger partial charge is 0.327 e. The van der Waals surface area contributed by atoms with Gasteiger partial charge in [-0.3, -0.25) is 4.79 Å². The molecule has 6 heteroatoms. The van der Waals surface area contributed by atoms with Crippen molar-refractivity contribution in [3.8, 4) is 0 Å². The average Bonchev–Trinajstić information content (AvgIpc) is 2.91. The topological polar surface area (TPSA) is 44.8 Å². The summed E-state index contributed by atoms with van der Waals surface area (Å²) in [5, 5.41) is 0.837. The molecule has 2 heterocycles. The van der Waals surface area contributed by atoms with Gasteiger partial charge in [0.05, 0.1) is 5.56 Å². The van der Waals surface area contributed by atoms with Crippen molar-refractivity contribution >= 4 is 29.0 Å². The van der Waals surface area contributed by atoms with E-state index in [9.17, 15) is 4.79 Å². The molecule has 0 aromatic heterocycles. The summed E-state index contributed by atoms with van der Waals surface area (Å²) in [4.78, 5) is 12.8. The quantitative estimate of drug-likeness (QED) is 0.817. The Morgan fingerprint density at radius 3 is 2.35 bits per heavy atom. The Morgan fingerprint density at radius 2 is 1.65 bits per heavy atom. The molecule has 3 atom stereocenters. The fraction of sp³-hybridized carbons (Fsp3) is 0.235. The van der Waals surface area contributed by atoms with Crippen LogP contribution in [0.3, 0.4) is 0 Å². The smallest absolute Gasteiger partial charge is 0.313 e. The van der Waals surface area contributed by atoms with E-state index in [-0.39, 0.29) is 5.78 Å². The fourth-order valence-electron chi connectivity index (χ4n) is 3.12. The molecule has 4 nitrogen and oxygen atoms in total. The molecular formula is C17H12Cl2O4. The number of carbonyl (C=O) groups is 1. The van der Waals surface area contributed by atoms with Gasteiger partial charge in [0.25, 0.3) is 0 Å². The van der Waals surface area contributed by atoms with E-state index >= 15 is 0 Å². The second-order valence-electron chi connectivity index (χ2n) is 5.38. The van der Waals surface area contributed by atoms with E-state index < -0.39 is 18.2 Å². The number of Topliss-reactive ketones (excluding diaryl/α,β-unsaturated/α-hetero) is 1. The zero-order valence-corrected chi connectivity index (χ0v) is 13.6. The highest BCUT2D eigenvalue weighted by atomic mass is 35.5. The highest BCUT2D eigenvalue weighted by molar-refractivity contribution is 6.36. The van der Waals surface area contributed by atoms with E-state index in [1.54, 1.807) is 42.5 Å². The summed E-state index contributed by atoms with van der Waals surface area (Å²) in [5.74, 6) is -1.60. The Labute approximate surface area is 142 Å². The predicted molar refractivity (Wildman–Crippen MR) is 84.6 cm³/mol. The van der Waals surface area contributed by atoms with Gasteiger partial charge >= 0.3 is 5.97 Å². The van der Waals surface area contributed by atoms with Crippen molar-refractivity contribution in [1.29, 1.82) is 0 Å². The monoisotopic (exact) mass is 350 g/mol. The van der Waals surface area contributed by atoms with E-state index in [1.165, 1.54) is 7.11 Å². The average molecular weight is 351 g/mol. The normalized spacial score (nSPS) is 28.7. The standard InChI is InChI=1S/C17H12Cl2O4/c1-21-17-10-6-3-2-5-9(10)14(20)16(23-17)15(22-17)13-11(18)7-4-8-12(13)19/h2-8,15-16H,1H3/t15-,16+,17+/m1/s1. The van der Waals surface area contributed by atoms with Crippen molar-refractivity contribution in [1.82, 2.24) is 0 Å². The number of hydrogen-bond acceptors (Lipinski definition) is 4. The van der Waals surface area contributed by atoms with Crippen LogP contribution in [-0.4, -0.2) is 19.0 Å². The third-order valence-electron chi connectivity index (χ3n) is 4.17. The highest BCUT2D eigenvalue weighted by Crippen LogP contribution is 2.52. The maximum absolute atomic E-state index is 12.8. The van der Waals surface area contributed by atoms with Crippen molar-refractivity contribution in [3.05, 3.63) is 69.2 Å². The minimum absolute atomic E-state index is 0.174. The van der Waals surface area contributed by atoms with Crippen molar-refractivity contribution in [2.24, 2.45) is 0 Å². The van der Waals surface area contributed by atoms with Gasteiger partial charge in [-0.05, 0) is 12.1 Å². The number of benzene rings is 2. The molecule has 2 bridgehead atoms. The number of ether oxygens (including phenoxy) is 3. The van der Waals surface area contributed by atoms with Gasteiger partial charge in [0.2, 0.25) is 0 Å². The van der Waals surface area contributed by atoms with Gasteiger partial charge in [-0.15, -0.1) is 0 Å². The Morgan fingerprint density at radius 1 is 1.00 bits per heavy atom. The van der Waals surface area contributed by atoms with Crippen LogP contribution in [0.25, 0.3) is 0 Å². The maximum atomic E-state index is 12.8. The van der Waals surface area contributed by atoms with Crippen LogP contribution in [0, 0.1) is 0 Å². The second-order valence-corrected chi connectivity index (χ2v) is 6.20. The minimum atomic E-state index is -1.43. The van der Waals surface area contributed by atoms with Crippen LogP contribution in [-0.2, 0) is 20.2 Å². The van der Waals surface area contributed by atoms with Gasteiger partial charge in [0.15, 0.2) is 11.9 Å². The van der Waals surface area contributed by atoms with Gasteiger partial charge in [-0.1, -0.05) is 53.5 Å². The van der Waals surface area contributed by atoms with Crippen molar-refractivity contribution in [2.45, 2.75) is 18.2 Å². The van der Waals surface area contributed by atoms with E-state index in [2.05, 4.69) is 0 Å². The van der Waals surface area contributed by atoms with E-state index in [0.29, 0.717) is 26.7 Å². The summed E-state index contributed by atoms with van der Waals surface area (Å²) in [6.07, 6.45) is -1.60. The van der Waals surface area contributed by atoms with Gasteiger partial charge in [0, 0.05) is 28.3 Å². The predicted octanol–water partition coefficient (Wildman–Crippen LogP) is 4.10. The fourth-order valence-corrected chi connectivity index (χ4v) is 3.73. The van der Waals surface area contributed by atoms with Crippen LogP contribution < -0.4 is 0 Å². The molecule has 0 spiro atoms. The number of fused-ring (bicyclic) bond motifs is 4. The summed E-state index contributed by atoms with van der Waals surface area (Å²) < 4.78 is 17.4. The number of rotatable bonds is 2. The van der Waals surface area contributed by atoms with E-state index in [0.717, 1.165) is 0 Å². The first-order chi connectivity index (χ1) is 11.1. The van der Waals surface area contributed by atoms with Gasteiger partial charge in [-0.25, -0.2) is 0 Å².